The van der Waals surface area contributed by atoms with Crippen molar-refractivity contribution in [2.45, 2.75) is 65.8 Å². The van der Waals surface area contributed by atoms with E-state index in [2.05, 4.69) is 45.1 Å². The van der Waals surface area contributed by atoms with Gasteiger partial charge in [0.05, 0.1) is 6.42 Å². The summed E-state index contributed by atoms with van der Waals surface area (Å²) in [4.78, 5) is 12.3. The van der Waals surface area contributed by atoms with Crippen LogP contribution < -0.4 is 5.32 Å². The van der Waals surface area contributed by atoms with Gasteiger partial charge in [-0.3, -0.25) is 4.79 Å². The molecular weight excluding hydrogens is 246 g/mol. The lowest BCUT2D eigenvalue weighted by Gasteiger charge is -2.27. The first-order valence-corrected chi connectivity index (χ1v) is 7.81. The first kappa shape index (κ1) is 15.1. The first-order chi connectivity index (χ1) is 9.45. The lowest BCUT2D eigenvalue weighted by molar-refractivity contribution is -0.121. The van der Waals surface area contributed by atoms with Crippen molar-refractivity contribution in [3.05, 3.63) is 34.4 Å². The molecule has 0 aliphatic heterocycles. The number of aryl methyl sites for hydroxylation is 3. The van der Waals surface area contributed by atoms with Crippen LogP contribution >= 0.6 is 0 Å². The van der Waals surface area contributed by atoms with E-state index < -0.39 is 0 Å². The fraction of sp³-hybridized carbons (Fsp3) is 0.611. The predicted molar refractivity (Wildman–Crippen MR) is 83.9 cm³/mol. The van der Waals surface area contributed by atoms with Crippen molar-refractivity contribution >= 4 is 5.91 Å². The highest BCUT2D eigenvalue weighted by atomic mass is 16.1. The minimum Gasteiger partial charge on any atom is -0.353 e. The minimum absolute atomic E-state index is 0.180. The van der Waals surface area contributed by atoms with Crippen LogP contribution in [0.5, 0.6) is 0 Å². The van der Waals surface area contributed by atoms with Crippen LogP contribution in [0.1, 0.15) is 54.9 Å². The summed E-state index contributed by atoms with van der Waals surface area (Å²) in [5.41, 5.74) is 4.92. The van der Waals surface area contributed by atoms with Gasteiger partial charge in [-0.15, -0.1) is 0 Å². The number of nitrogens with one attached hydrogen (secondary N) is 1. The standard InChI is InChI=1S/C18H27NO/c1-12-6-5-7-16(10-12)19-18(20)11-17-14(3)8-13(2)9-15(17)4/h8-9,12,16H,5-7,10-11H2,1-4H3,(H,19,20). The molecule has 1 fully saturated rings. The molecule has 1 aliphatic rings. The Labute approximate surface area is 123 Å². The molecule has 2 unspecified atom stereocenters. The van der Waals surface area contributed by atoms with Crippen LogP contribution in [0.4, 0.5) is 0 Å². The summed E-state index contributed by atoms with van der Waals surface area (Å²) in [5.74, 6) is 0.927. The highest BCUT2D eigenvalue weighted by molar-refractivity contribution is 5.79. The van der Waals surface area contributed by atoms with Gasteiger partial charge in [0.1, 0.15) is 0 Å². The molecule has 1 saturated carbocycles. The molecule has 110 valence electrons. The molecule has 1 N–H and O–H groups in total. The first-order valence-electron chi connectivity index (χ1n) is 7.81. The van der Waals surface area contributed by atoms with E-state index in [0.29, 0.717) is 12.5 Å². The van der Waals surface area contributed by atoms with E-state index in [1.54, 1.807) is 0 Å². The average molecular weight is 273 g/mol. The molecule has 1 aromatic rings. The van der Waals surface area contributed by atoms with Crippen molar-refractivity contribution in [1.82, 2.24) is 5.32 Å². The molecule has 0 spiro atoms. The number of amides is 1. The Balaban J connectivity index is 1.98. The predicted octanol–water partition coefficient (Wildman–Crippen LogP) is 3.85. The van der Waals surface area contributed by atoms with Gasteiger partial charge < -0.3 is 5.32 Å². The van der Waals surface area contributed by atoms with Gasteiger partial charge in [0.15, 0.2) is 0 Å². The number of benzene rings is 1. The van der Waals surface area contributed by atoms with E-state index in [-0.39, 0.29) is 5.91 Å². The molecular formula is C18H27NO. The highest BCUT2D eigenvalue weighted by Gasteiger charge is 2.20. The lowest BCUT2D eigenvalue weighted by atomic mass is 9.87. The molecule has 0 saturated heterocycles. The van der Waals surface area contributed by atoms with E-state index in [4.69, 9.17) is 0 Å². The molecule has 1 amide bonds. The second kappa shape index (κ2) is 6.43. The maximum atomic E-state index is 12.3. The van der Waals surface area contributed by atoms with Crippen molar-refractivity contribution in [2.24, 2.45) is 5.92 Å². The van der Waals surface area contributed by atoms with E-state index in [0.717, 1.165) is 18.8 Å². The molecule has 0 aromatic heterocycles. The Morgan fingerprint density at radius 3 is 2.45 bits per heavy atom. The summed E-state index contributed by atoms with van der Waals surface area (Å²) in [5, 5.41) is 3.23. The van der Waals surface area contributed by atoms with Gasteiger partial charge in [-0.05, 0) is 56.2 Å². The van der Waals surface area contributed by atoms with Crippen LogP contribution in [-0.2, 0) is 11.2 Å². The van der Waals surface area contributed by atoms with Crippen molar-refractivity contribution in [3.8, 4) is 0 Å². The summed E-state index contributed by atoms with van der Waals surface area (Å²) in [7, 11) is 0. The topological polar surface area (TPSA) is 29.1 Å². The second-order valence-electron chi connectivity index (χ2n) is 6.59. The van der Waals surface area contributed by atoms with Crippen molar-refractivity contribution in [1.29, 1.82) is 0 Å². The van der Waals surface area contributed by atoms with Crippen LogP contribution in [0, 0.1) is 26.7 Å². The smallest absolute Gasteiger partial charge is 0.224 e. The molecule has 0 bridgehead atoms. The summed E-state index contributed by atoms with van der Waals surface area (Å²) >= 11 is 0. The zero-order chi connectivity index (χ0) is 14.7. The number of hydrogen-bond donors (Lipinski definition) is 1. The third-order valence-corrected chi connectivity index (χ3v) is 4.48. The normalized spacial score (nSPS) is 22.6. The van der Waals surface area contributed by atoms with Crippen molar-refractivity contribution in [3.63, 3.8) is 0 Å². The van der Waals surface area contributed by atoms with Crippen LogP contribution in [0.15, 0.2) is 12.1 Å². The molecule has 2 heteroatoms. The molecule has 2 atom stereocenters. The molecule has 2 nitrogen and oxygen atoms in total. The van der Waals surface area contributed by atoms with Gasteiger partial charge in [0.2, 0.25) is 5.91 Å². The van der Waals surface area contributed by atoms with Crippen LogP contribution in [0.3, 0.4) is 0 Å². The Kier molecular flexibility index (Phi) is 4.85. The van der Waals surface area contributed by atoms with E-state index >= 15 is 0 Å². The monoisotopic (exact) mass is 273 g/mol. The quantitative estimate of drug-likeness (QED) is 0.890. The fourth-order valence-electron chi connectivity index (χ4n) is 3.49. The zero-order valence-electron chi connectivity index (χ0n) is 13.3. The average Bonchev–Trinajstić information content (AvgIpc) is 2.33. The third kappa shape index (κ3) is 3.84. The van der Waals surface area contributed by atoms with E-state index in [1.807, 2.05) is 0 Å². The van der Waals surface area contributed by atoms with Gasteiger partial charge >= 0.3 is 0 Å². The van der Waals surface area contributed by atoms with Crippen LogP contribution in [0.2, 0.25) is 0 Å². The third-order valence-electron chi connectivity index (χ3n) is 4.48. The molecule has 0 radical (unpaired) electrons. The van der Waals surface area contributed by atoms with Gasteiger partial charge in [-0.1, -0.05) is 37.5 Å². The maximum Gasteiger partial charge on any atom is 0.224 e. The lowest BCUT2D eigenvalue weighted by Crippen LogP contribution is -2.38. The van der Waals surface area contributed by atoms with Crippen molar-refractivity contribution in [2.75, 3.05) is 0 Å². The molecule has 20 heavy (non-hydrogen) atoms. The maximum absolute atomic E-state index is 12.3. The Hall–Kier alpha value is -1.31. The van der Waals surface area contributed by atoms with Crippen LogP contribution in [0.25, 0.3) is 0 Å². The number of rotatable bonds is 3. The Bertz CT molecular complexity index is 469. The van der Waals surface area contributed by atoms with Gasteiger partial charge in [-0.2, -0.15) is 0 Å². The molecule has 1 aliphatic carbocycles. The summed E-state index contributed by atoms with van der Waals surface area (Å²) in [6, 6.07) is 4.72. The molecule has 2 rings (SSSR count). The van der Waals surface area contributed by atoms with Gasteiger partial charge in [-0.25, -0.2) is 0 Å². The zero-order valence-corrected chi connectivity index (χ0v) is 13.3. The van der Waals surface area contributed by atoms with E-state index in [1.165, 1.54) is 35.1 Å². The van der Waals surface area contributed by atoms with Crippen molar-refractivity contribution < 1.29 is 4.79 Å². The number of hydrogen-bond acceptors (Lipinski definition) is 1. The molecule has 0 heterocycles. The Morgan fingerprint density at radius 1 is 1.20 bits per heavy atom. The fourth-order valence-corrected chi connectivity index (χ4v) is 3.49. The summed E-state index contributed by atoms with van der Waals surface area (Å²) in [6.45, 7) is 8.59. The SMILES string of the molecule is Cc1cc(C)c(CC(=O)NC2CCCC(C)C2)c(C)c1. The molecule has 1 aromatic carbocycles. The summed E-state index contributed by atoms with van der Waals surface area (Å²) < 4.78 is 0. The summed E-state index contributed by atoms with van der Waals surface area (Å²) in [6.07, 6.45) is 5.35. The highest BCUT2D eigenvalue weighted by Crippen LogP contribution is 2.24. The van der Waals surface area contributed by atoms with Gasteiger partial charge in [0, 0.05) is 6.04 Å². The van der Waals surface area contributed by atoms with E-state index in [9.17, 15) is 4.79 Å². The largest absolute Gasteiger partial charge is 0.353 e. The van der Waals surface area contributed by atoms with Crippen LogP contribution in [-0.4, -0.2) is 11.9 Å². The Morgan fingerprint density at radius 2 is 1.85 bits per heavy atom. The number of carbonyl (C=O) groups excluding carboxylic acids is 1. The number of carbonyl (C=O) groups is 1. The second-order valence-corrected chi connectivity index (χ2v) is 6.59. The minimum atomic E-state index is 0.180. The van der Waals surface area contributed by atoms with Gasteiger partial charge in [0.25, 0.3) is 0 Å².